The van der Waals surface area contributed by atoms with Gasteiger partial charge in [0, 0.05) is 6.54 Å². The fraction of sp³-hybridized carbons (Fsp3) is 0.462. The first-order valence-electron chi connectivity index (χ1n) is 6.63. The van der Waals surface area contributed by atoms with E-state index in [9.17, 15) is 26.4 Å². The van der Waals surface area contributed by atoms with Gasteiger partial charge in [-0.1, -0.05) is 12.1 Å². The van der Waals surface area contributed by atoms with Crippen LogP contribution >= 0.6 is 0 Å². The van der Waals surface area contributed by atoms with E-state index in [4.69, 9.17) is 0 Å². The summed E-state index contributed by atoms with van der Waals surface area (Å²) in [4.78, 5) is 10.7. The van der Waals surface area contributed by atoms with Gasteiger partial charge in [0.1, 0.15) is 0 Å². The van der Waals surface area contributed by atoms with Crippen LogP contribution < -0.4 is 10.6 Å². The summed E-state index contributed by atoms with van der Waals surface area (Å²) < 4.78 is 60.8. The predicted octanol–water partition coefficient (Wildman–Crippen LogP) is 1.92. The minimum atomic E-state index is -5.46. The normalized spacial score (nSPS) is 15.4. The van der Waals surface area contributed by atoms with Crippen molar-refractivity contribution >= 4 is 21.4 Å². The molecule has 0 spiro atoms. The number of benzene rings is 1. The van der Waals surface area contributed by atoms with Crippen LogP contribution in [-0.2, 0) is 14.6 Å². The fourth-order valence-corrected chi connectivity index (χ4v) is 2.73. The van der Waals surface area contributed by atoms with Crippen molar-refractivity contribution in [2.24, 2.45) is 5.92 Å². The van der Waals surface area contributed by atoms with Crippen LogP contribution in [0.5, 0.6) is 0 Å². The molecule has 1 aliphatic rings. The van der Waals surface area contributed by atoms with E-state index in [0.717, 1.165) is 18.9 Å². The highest BCUT2D eigenvalue weighted by Gasteiger charge is 2.47. The molecule has 0 aliphatic heterocycles. The van der Waals surface area contributed by atoms with Crippen LogP contribution in [-0.4, -0.2) is 32.9 Å². The maximum atomic E-state index is 12.6. The number of hydrogen-bond acceptors (Lipinski definition) is 4. The lowest BCUT2D eigenvalue weighted by atomic mass is 10.3. The Morgan fingerprint density at radius 3 is 2.45 bits per heavy atom. The van der Waals surface area contributed by atoms with E-state index in [1.165, 1.54) is 18.2 Å². The number of alkyl halides is 3. The third-order valence-electron chi connectivity index (χ3n) is 3.21. The highest BCUT2D eigenvalue weighted by Crippen LogP contribution is 2.34. The van der Waals surface area contributed by atoms with Crippen LogP contribution in [0.4, 0.5) is 18.9 Å². The maximum Gasteiger partial charge on any atom is 0.501 e. The second kappa shape index (κ2) is 6.15. The Balaban J connectivity index is 2.06. The van der Waals surface area contributed by atoms with Crippen molar-refractivity contribution in [3.05, 3.63) is 24.3 Å². The third-order valence-corrected chi connectivity index (χ3v) is 4.75. The zero-order chi connectivity index (χ0) is 16.4. The van der Waals surface area contributed by atoms with Gasteiger partial charge in [0.2, 0.25) is 5.91 Å². The lowest BCUT2D eigenvalue weighted by molar-refractivity contribution is -0.119. The first kappa shape index (κ1) is 16.6. The van der Waals surface area contributed by atoms with E-state index >= 15 is 0 Å². The number of hydrogen-bond donors (Lipinski definition) is 2. The summed E-state index contributed by atoms with van der Waals surface area (Å²) in [6.45, 7) is 0.236. The van der Waals surface area contributed by atoms with E-state index in [1.54, 1.807) is 0 Å². The Labute approximate surface area is 125 Å². The molecule has 0 atom stereocenters. The summed E-state index contributed by atoms with van der Waals surface area (Å²) in [5.74, 6) is 0.0768. The van der Waals surface area contributed by atoms with Crippen molar-refractivity contribution < 1.29 is 26.4 Å². The number of halogens is 3. The molecule has 1 aromatic rings. The van der Waals surface area contributed by atoms with E-state index in [0.29, 0.717) is 12.5 Å². The molecule has 0 saturated heterocycles. The second-order valence-electron chi connectivity index (χ2n) is 5.05. The van der Waals surface area contributed by atoms with Crippen molar-refractivity contribution in [1.82, 2.24) is 5.32 Å². The lowest BCUT2D eigenvalue weighted by Crippen LogP contribution is -2.32. The highest BCUT2D eigenvalue weighted by molar-refractivity contribution is 7.92. The first-order valence-corrected chi connectivity index (χ1v) is 8.11. The standard InChI is InChI=1S/C13H15F3N2O3S/c14-13(15,16)22(20,21)11-4-2-1-3-10(11)17-8-12(19)18-7-9-5-6-9/h1-4,9,17H,5-8H2,(H,18,19). The fourth-order valence-electron chi connectivity index (χ4n) is 1.79. The molecule has 2 rings (SSSR count). The molecular weight excluding hydrogens is 321 g/mol. The number of para-hydroxylation sites is 1. The third kappa shape index (κ3) is 3.90. The summed E-state index contributed by atoms with van der Waals surface area (Å²) in [6, 6.07) is 4.62. The first-order chi connectivity index (χ1) is 10.2. The summed E-state index contributed by atoms with van der Waals surface area (Å²) in [6.07, 6.45) is 2.11. The molecule has 0 bridgehead atoms. The van der Waals surface area contributed by atoms with Crippen molar-refractivity contribution in [3.63, 3.8) is 0 Å². The Bertz CT molecular complexity index is 655. The maximum absolute atomic E-state index is 12.6. The number of sulfone groups is 1. The number of nitrogens with one attached hydrogen (secondary N) is 2. The van der Waals surface area contributed by atoms with Gasteiger partial charge >= 0.3 is 5.51 Å². The van der Waals surface area contributed by atoms with Crippen molar-refractivity contribution in [2.75, 3.05) is 18.4 Å². The van der Waals surface area contributed by atoms with Crippen LogP contribution in [0, 0.1) is 5.92 Å². The van der Waals surface area contributed by atoms with Gasteiger partial charge in [0.05, 0.1) is 17.1 Å². The summed E-state index contributed by atoms with van der Waals surface area (Å²) in [5.41, 5.74) is -5.64. The number of amides is 1. The number of carbonyl (C=O) groups excluding carboxylic acids is 1. The highest BCUT2D eigenvalue weighted by atomic mass is 32.2. The van der Waals surface area contributed by atoms with Gasteiger partial charge in [-0.25, -0.2) is 8.42 Å². The largest absolute Gasteiger partial charge is 0.501 e. The van der Waals surface area contributed by atoms with Crippen molar-refractivity contribution in [1.29, 1.82) is 0 Å². The Morgan fingerprint density at radius 1 is 1.23 bits per heavy atom. The topological polar surface area (TPSA) is 75.3 Å². The quantitative estimate of drug-likeness (QED) is 0.832. The zero-order valence-electron chi connectivity index (χ0n) is 11.5. The van der Waals surface area contributed by atoms with Crippen LogP contribution in [0.3, 0.4) is 0 Å². The molecular formula is C13H15F3N2O3S. The zero-order valence-corrected chi connectivity index (χ0v) is 12.3. The van der Waals surface area contributed by atoms with Gasteiger partial charge in [-0.2, -0.15) is 13.2 Å². The Kier molecular flexibility index (Phi) is 4.64. The van der Waals surface area contributed by atoms with Gasteiger partial charge in [-0.05, 0) is 30.9 Å². The number of rotatable bonds is 6. The molecule has 2 N–H and O–H groups in total. The molecule has 0 heterocycles. The molecule has 22 heavy (non-hydrogen) atoms. The van der Waals surface area contributed by atoms with Crippen LogP contribution in [0.25, 0.3) is 0 Å². The molecule has 122 valence electrons. The van der Waals surface area contributed by atoms with E-state index < -0.39 is 26.1 Å². The van der Waals surface area contributed by atoms with E-state index in [-0.39, 0.29) is 12.2 Å². The number of anilines is 1. The van der Waals surface area contributed by atoms with Crippen molar-refractivity contribution in [3.8, 4) is 0 Å². The summed E-state index contributed by atoms with van der Waals surface area (Å²) in [5, 5.41) is 5.07. The van der Waals surface area contributed by atoms with Crippen molar-refractivity contribution in [2.45, 2.75) is 23.2 Å². The number of carbonyl (C=O) groups is 1. The SMILES string of the molecule is O=C(CNc1ccccc1S(=O)(=O)C(F)(F)F)NCC1CC1. The van der Waals surface area contributed by atoms with Gasteiger partial charge in [0.15, 0.2) is 0 Å². The molecule has 1 amide bonds. The van der Waals surface area contributed by atoms with E-state index in [1.807, 2.05) is 0 Å². The smallest absolute Gasteiger partial charge is 0.375 e. The van der Waals surface area contributed by atoms with Gasteiger partial charge in [-0.3, -0.25) is 4.79 Å². The molecule has 0 unspecified atom stereocenters. The average molecular weight is 336 g/mol. The Hall–Kier alpha value is -1.77. The Morgan fingerprint density at radius 2 is 1.86 bits per heavy atom. The van der Waals surface area contributed by atoms with Crippen LogP contribution in [0.2, 0.25) is 0 Å². The molecule has 1 aliphatic carbocycles. The molecule has 1 saturated carbocycles. The molecule has 0 aromatic heterocycles. The van der Waals surface area contributed by atoms with E-state index in [2.05, 4.69) is 10.6 Å². The minimum Gasteiger partial charge on any atom is -0.375 e. The van der Waals surface area contributed by atoms with Crippen LogP contribution in [0.1, 0.15) is 12.8 Å². The monoisotopic (exact) mass is 336 g/mol. The van der Waals surface area contributed by atoms with Crippen LogP contribution in [0.15, 0.2) is 29.2 Å². The van der Waals surface area contributed by atoms with Gasteiger partial charge in [0.25, 0.3) is 9.84 Å². The minimum absolute atomic E-state index is 0.249. The molecule has 5 nitrogen and oxygen atoms in total. The molecule has 9 heteroatoms. The van der Waals surface area contributed by atoms with Gasteiger partial charge in [-0.15, -0.1) is 0 Å². The average Bonchev–Trinajstić information content (AvgIpc) is 3.26. The van der Waals surface area contributed by atoms with Gasteiger partial charge < -0.3 is 10.6 Å². The molecule has 1 aromatic carbocycles. The second-order valence-corrected chi connectivity index (χ2v) is 6.96. The summed E-state index contributed by atoms with van der Waals surface area (Å²) >= 11 is 0. The molecule has 0 radical (unpaired) electrons. The summed E-state index contributed by atoms with van der Waals surface area (Å²) in [7, 11) is -5.46. The molecule has 1 fully saturated rings. The lowest BCUT2D eigenvalue weighted by Gasteiger charge is -2.14. The predicted molar refractivity (Wildman–Crippen MR) is 73.9 cm³/mol.